The van der Waals surface area contributed by atoms with Gasteiger partial charge in [0.05, 0.1) is 34.2 Å². The molecular weight excluding hydrogens is 524 g/mol. The van der Waals surface area contributed by atoms with Gasteiger partial charge in [-0.25, -0.2) is 9.31 Å². The molecule has 10 nitrogen and oxygen atoms in total. The number of carbonyl (C=O) groups is 1. The highest BCUT2D eigenvalue weighted by molar-refractivity contribution is 7.14. The number of nitriles is 1. The molecule has 208 valence electrons. The number of nitrogens with one attached hydrogen (secondary N) is 1. The normalized spacial score (nSPS) is 17.4. The van der Waals surface area contributed by atoms with Crippen LogP contribution in [0.25, 0.3) is 27.5 Å². The van der Waals surface area contributed by atoms with Crippen molar-refractivity contribution in [3.05, 3.63) is 47.2 Å². The zero-order valence-corrected chi connectivity index (χ0v) is 24.3. The zero-order valence-electron chi connectivity index (χ0n) is 23.5. The molecule has 1 fully saturated rings. The number of anilines is 1. The van der Waals surface area contributed by atoms with Gasteiger partial charge >= 0.3 is 6.09 Å². The molecule has 4 aromatic rings. The first-order chi connectivity index (χ1) is 19.2. The SMILES string of the molecule is CCN(C(=O)OC(C)(C)C)C1CCC(c2nnc(-c3cnc(-c4ccc5cc(C#N)cnn45)cc3NC)s2)CC1. The summed E-state index contributed by atoms with van der Waals surface area (Å²) in [6, 6.07) is 9.97. The van der Waals surface area contributed by atoms with E-state index in [0.29, 0.717) is 18.0 Å². The molecule has 0 aliphatic heterocycles. The lowest BCUT2D eigenvalue weighted by Gasteiger charge is -2.36. The Kier molecular flexibility index (Phi) is 7.72. The third-order valence-electron chi connectivity index (χ3n) is 7.19. The van der Waals surface area contributed by atoms with Crippen LogP contribution in [0.4, 0.5) is 10.5 Å². The van der Waals surface area contributed by atoms with Gasteiger partial charge in [0.2, 0.25) is 0 Å². The topological polar surface area (TPSA) is 121 Å². The van der Waals surface area contributed by atoms with Gasteiger partial charge in [-0.3, -0.25) is 4.98 Å². The van der Waals surface area contributed by atoms with Gasteiger partial charge in [0.25, 0.3) is 0 Å². The fourth-order valence-electron chi connectivity index (χ4n) is 5.23. The largest absolute Gasteiger partial charge is 0.444 e. The number of pyridine rings is 1. The number of carbonyl (C=O) groups excluding carboxylic acids is 1. The van der Waals surface area contributed by atoms with Crippen LogP contribution in [-0.2, 0) is 4.74 Å². The van der Waals surface area contributed by atoms with Crippen LogP contribution in [0.5, 0.6) is 0 Å². The van der Waals surface area contributed by atoms with E-state index in [9.17, 15) is 4.79 Å². The van der Waals surface area contributed by atoms with Crippen molar-refractivity contribution >= 4 is 28.6 Å². The minimum Gasteiger partial charge on any atom is -0.444 e. The van der Waals surface area contributed by atoms with Crippen molar-refractivity contribution < 1.29 is 9.53 Å². The second-order valence-corrected chi connectivity index (χ2v) is 12.0. The molecule has 1 aliphatic carbocycles. The number of aromatic nitrogens is 5. The second kappa shape index (κ2) is 11.2. The predicted octanol–water partition coefficient (Wildman–Crippen LogP) is 6.11. The molecule has 1 aliphatic rings. The number of fused-ring (bicyclic) bond motifs is 1. The molecule has 11 heteroatoms. The maximum atomic E-state index is 12.7. The van der Waals surface area contributed by atoms with Gasteiger partial charge in [-0.15, -0.1) is 10.2 Å². The first-order valence-electron chi connectivity index (χ1n) is 13.6. The van der Waals surface area contributed by atoms with Gasteiger partial charge in [-0.2, -0.15) is 10.4 Å². The smallest absolute Gasteiger partial charge is 0.410 e. The van der Waals surface area contributed by atoms with Crippen LogP contribution in [-0.4, -0.2) is 61.0 Å². The Morgan fingerprint density at radius 1 is 1.20 bits per heavy atom. The minimum absolute atomic E-state index is 0.183. The van der Waals surface area contributed by atoms with Crippen LogP contribution < -0.4 is 5.32 Å². The number of ether oxygens (including phenoxy) is 1. The van der Waals surface area contributed by atoms with Crippen LogP contribution in [0.15, 0.2) is 36.7 Å². The molecule has 0 unspecified atom stereocenters. The quantitative estimate of drug-likeness (QED) is 0.301. The molecule has 40 heavy (non-hydrogen) atoms. The van der Waals surface area contributed by atoms with Crippen LogP contribution in [0.1, 0.15) is 69.9 Å². The van der Waals surface area contributed by atoms with Crippen molar-refractivity contribution in [3.8, 4) is 28.0 Å². The summed E-state index contributed by atoms with van der Waals surface area (Å²) in [7, 11) is 1.88. The molecule has 5 rings (SSSR count). The van der Waals surface area contributed by atoms with Gasteiger partial charge in [0.1, 0.15) is 16.7 Å². The van der Waals surface area contributed by atoms with E-state index in [2.05, 4.69) is 26.7 Å². The Balaban J connectivity index is 1.30. The molecule has 0 bridgehead atoms. The lowest BCUT2D eigenvalue weighted by atomic mass is 9.86. The molecule has 0 saturated heterocycles. The molecule has 0 radical (unpaired) electrons. The van der Waals surface area contributed by atoms with E-state index >= 15 is 0 Å². The van der Waals surface area contributed by atoms with Gasteiger partial charge in [0, 0.05) is 37.4 Å². The summed E-state index contributed by atoms with van der Waals surface area (Å²) in [5.74, 6) is 0.321. The van der Waals surface area contributed by atoms with E-state index in [1.54, 1.807) is 28.1 Å². The molecule has 1 N–H and O–H groups in total. The Bertz CT molecular complexity index is 1560. The van der Waals surface area contributed by atoms with Crippen molar-refractivity contribution in [2.75, 3.05) is 18.9 Å². The van der Waals surface area contributed by atoms with Crippen molar-refractivity contribution in [1.29, 1.82) is 5.26 Å². The summed E-state index contributed by atoms with van der Waals surface area (Å²) in [6.07, 6.45) is 6.89. The highest BCUT2D eigenvalue weighted by Crippen LogP contribution is 2.40. The van der Waals surface area contributed by atoms with Gasteiger partial charge in [-0.05, 0) is 77.6 Å². The molecular formula is C29H34N8O2S. The van der Waals surface area contributed by atoms with Gasteiger partial charge in [0.15, 0.2) is 5.01 Å². The summed E-state index contributed by atoms with van der Waals surface area (Å²) < 4.78 is 7.41. The summed E-state index contributed by atoms with van der Waals surface area (Å²) in [4.78, 5) is 19.3. The van der Waals surface area contributed by atoms with Crippen LogP contribution in [0.3, 0.4) is 0 Å². The molecule has 4 heterocycles. The van der Waals surface area contributed by atoms with Crippen molar-refractivity contribution in [2.45, 2.75) is 70.9 Å². The lowest BCUT2D eigenvalue weighted by molar-refractivity contribution is 0.0129. The van der Waals surface area contributed by atoms with Crippen LogP contribution >= 0.6 is 11.3 Å². The highest BCUT2D eigenvalue weighted by Gasteiger charge is 2.32. The van der Waals surface area contributed by atoms with Crippen LogP contribution in [0, 0.1) is 11.3 Å². The van der Waals surface area contributed by atoms with Crippen LogP contribution in [0.2, 0.25) is 0 Å². The first-order valence-corrected chi connectivity index (χ1v) is 14.4. The minimum atomic E-state index is -0.501. The average molecular weight is 559 g/mol. The van der Waals surface area contributed by atoms with Crippen molar-refractivity contribution in [1.82, 2.24) is 29.7 Å². The first kappa shape index (κ1) is 27.5. The van der Waals surface area contributed by atoms with Crippen molar-refractivity contribution in [3.63, 3.8) is 0 Å². The van der Waals surface area contributed by atoms with E-state index in [-0.39, 0.29) is 12.1 Å². The maximum Gasteiger partial charge on any atom is 0.410 e. The third kappa shape index (κ3) is 5.63. The van der Waals surface area contributed by atoms with Crippen molar-refractivity contribution in [2.24, 2.45) is 0 Å². The average Bonchev–Trinajstić information content (AvgIpc) is 3.60. The molecule has 0 atom stereocenters. The fourth-order valence-corrected chi connectivity index (χ4v) is 6.26. The number of hydrogen-bond acceptors (Lipinski definition) is 9. The Morgan fingerprint density at radius 3 is 2.65 bits per heavy atom. The summed E-state index contributed by atoms with van der Waals surface area (Å²) >= 11 is 1.61. The zero-order chi connectivity index (χ0) is 28.4. The second-order valence-electron chi connectivity index (χ2n) is 11.0. The number of hydrogen-bond donors (Lipinski definition) is 1. The number of amides is 1. The van der Waals surface area contributed by atoms with Gasteiger partial charge in [-0.1, -0.05) is 11.3 Å². The number of nitrogens with zero attached hydrogens (tertiary/aromatic N) is 7. The predicted molar refractivity (Wildman–Crippen MR) is 155 cm³/mol. The Labute approximate surface area is 238 Å². The summed E-state index contributed by atoms with van der Waals surface area (Å²) in [6.45, 7) is 8.34. The van der Waals surface area contributed by atoms with E-state index < -0.39 is 5.60 Å². The van der Waals surface area contributed by atoms with Gasteiger partial charge < -0.3 is 15.0 Å². The van der Waals surface area contributed by atoms with E-state index in [1.807, 2.05) is 64.0 Å². The number of rotatable bonds is 6. The van der Waals surface area contributed by atoms with E-state index in [1.165, 1.54) is 0 Å². The molecule has 0 spiro atoms. The highest BCUT2D eigenvalue weighted by atomic mass is 32.1. The fraction of sp³-hybridized carbons (Fsp3) is 0.448. The molecule has 1 saturated carbocycles. The lowest BCUT2D eigenvalue weighted by Crippen LogP contribution is -2.44. The molecule has 0 aromatic carbocycles. The summed E-state index contributed by atoms with van der Waals surface area (Å²) in [5.41, 5.74) is 4.25. The molecule has 1 amide bonds. The maximum absolute atomic E-state index is 12.7. The Hall–Kier alpha value is -4.04. The van der Waals surface area contributed by atoms with E-state index in [4.69, 9.17) is 15.0 Å². The Morgan fingerprint density at radius 2 is 1.98 bits per heavy atom. The van der Waals surface area contributed by atoms with E-state index in [0.717, 1.165) is 63.9 Å². The monoisotopic (exact) mass is 558 g/mol. The third-order valence-corrected chi connectivity index (χ3v) is 8.31. The standard InChI is InChI=1S/C29H34N8O2S/c1-6-36(28(38)39-29(2,3)4)20-9-7-19(8-10-20)26-34-35-27(40-26)22-17-32-24(14-23(22)31-5)25-12-11-21-13-18(15-30)16-33-37(21)25/h11-14,16-17,19-20H,6-10H2,1-5H3,(H,31,32). The summed E-state index contributed by atoms with van der Waals surface area (Å²) in [5, 5.41) is 27.8. The molecule has 4 aromatic heterocycles.